The first-order chi connectivity index (χ1) is 16.1. The zero-order valence-corrected chi connectivity index (χ0v) is 17.7. The van der Waals surface area contributed by atoms with Crippen LogP contribution in [0, 0.1) is 5.82 Å². The van der Waals surface area contributed by atoms with Crippen LogP contribution in [0.2, 0.25) is 0 Å². The van der Waals surface area contributed by atoms with E-state index in [9.17, 15) is 27.2 Å². The molecule has 1 heterocycles. The van der Waals surface area contributed by atoms with E-state index in [0.717, 1.165) is 6.20 Å². The van der Waals surface area contributed by atoms with Gasteiger partial charge in [0.15, 0.2) is 11.6 Å². The summed E-state index contributed by atoms with van der Waals surface area (Å²) in [6.07, 6.45) is -3.57. The van der Waals surface area contributed by atoms with Crippen molar-refractivity contribution in [1.29, 1.82) is 0 Å². The summed E-state index contributed by atoms with van der Waals surface area (Å²) in [6.45, 7) is 0. The van der Waals surface area contributed by atoms with Crippen LogP contribution in [-0.2, 0) is 6.18 Å². The highest BCUT2D eigenvalue weighted by Crippen LogP contribution is 2.34. The number of benzene rings is 2. The van der Waals surface area contributed by atoms with Gasteiger partial charge in [-0.05, 0) is 36.4 Å². The number of imide groups is 1. The standard InChI is InChI=1S/C22H17F4N3O5/c1-32-15-4-3-5-16(33-2)19(15)20(30)29-21(31)28-13-7-9-18(27-11-13)34-17-10-12(22(24,25)26)6-8-14(17)23/h3-11H,1-2H3,(H2,28,29,30,31). The average molecular weight is 479 g/mol. The lowest BCUT2D eigenvalue weighted by molar-refractivity contribution is -0.137. The third kappa shape index (κ3) is 5.71. The minimum atomic E-state index is -4.68. The Kier molecular flexibility index (Phi) is 7.19. The van der Waals surface area contributed by atoms with E-state index >= 15 is 0 Å². The van der Waals surface area contributed by atoms with E-state index in [2.05, 4.69) is 15.6 Å². The first-order valence-electron chi connectivity index (χ1n) is 9.46. The lowest BCUT2D eigenvalue weighted by Crippen LogP contribution is -2.34. The van der Waals surface area contributed by atoms with Crippen LogP contribution in [0.5, 0.6) is 23.1 Å². The fourth-order valence-corrected chi connectivity index (χ4v) is 2.79. The molecule has 0 fully saturated rings. The summed E-state index contributed by atoms with van der Waals surface area (Å²) in [7, 11) is 2.71. The Labute approximate surface area is 190 Å². The van der Waals surface area contributed by atoms with Gasteiger partial charge in [0.05, 0.1) is 31.7 Å². The van der Waals surface area contributed by atoms with Gasteiger partial charge in [0.2, 0.25) is 5.88 Å². The molecule has 0 aliphatic heterocycles. The topological polar surface area (TPSA) is 98.8 Å². The van der Waals surface area contributed by atoms with Crippen molar-refractivity contribution >= 4 is 17.6 Å². The van der Waals surface area contributed by atoms with Gasteiger partial charge in [-0.1, -0.05) is 6.07 Å². The van der Waals surface area contributed by atoms with Gasteiger partial charge in [0, 0.05) is 6.07 Å². The van der Waals surface area contributed by atoms with E-state index in [-0.39, 0.29) is 28.6 Å². The molecule has 178 valence electrons. The van der Waals surface area contributed by atoms with Crippen molar-refractivity contribution in [3.05, 3.63) is 71.7 Å². The second kappa shape index (κ2) is 10.1. The smallest absolute Gasteiger partial charge is 0.416 e. The Balaban J connectivity index is 1.67. The number of carbonyl (C=O) groups excluding carboxylic acids is 2. The third-order valence-electron chi connectivity index (χ3n) is 4.35. The van der Waals surface area contributed by atoms with Gasteiger partial charge in [-0.2, -0.15) is 13.2 Å². The highest BCUT2D eigenvalue weighted by Gasteiger charge is 2.31. The van der Waals surface area contributed by atoms with Crippen LogP contribution in [-0.4, -0.2) is 31.1 Å². The SMILES string of the molecule is COc1cccc(OC)c1C(=O)NC(=O)Nc1ccc(Oc2cc(C(F)(F)F)ccc2F)nc1. The molecule has 0 radical (unpaired) electrons. The van der Waals surface area contributed by atoms with Crippen molar-refractivity contribution in [1.82, 2.24) is 10.3 Å². The maximum atomic E-state index is 13.8. The monoisotopic (exact) mass is 479 g/mol. The van der Waals surface area contributed by atoms with Crippen LogP contribution < -0.4 is 24.8 Å². The highest BCUT2D eigenvalue weighted by molar-refractivity contribution is 6.10. The summed E-state index contributed by atoms with van der Waals surface area (Å²) in [6, 6.07) is 7.95. The molecule has 0 aliphatic carbocycles. The van der Waals surface area contributed by atoms with E-state index in [1.165, 1.54) is 38.5 Å². The Morgan fingerprint density at radius 2 is 1.62 bits per heavy atom. The quantitative estimate of drug-likeness (QED) is 0.483. The molecule has 12 heteroatoms. The van der Waals surface area contributed by atoms with Gasteiger partial charge in [0.1, 0.15) is 17.1 Å². The predicted octanol–water partition coefficient (Wildman–Crippen LogP) is 5.01. The van der Waals surface area contributed by atoms with Crippen LogP contribution in [0.4, 0.5) is 28.0 Å². The Morgan fingerprint density at radius 3 is 2.18 bits per heavy atom. The molecular formula is C22H17F4N3O5. The van der Waals surface area contributed by atoms with Crippen molar-refractivity contribution in [3.8, 4) is 23.1 Å². The molecule has 1 aromatic heterocycles. The number of hydrogen-bond acceptors (Lipinski definition) is 6. The number of amides is 3. The van der Waals surface area contributed by atoms with Crippen LogP contribution in [0.3, 0.4) is 0 Å². The van der Waals surface area contributed by atoms with Gasteiger partial charge >= 0.3 is 12.2 Å². The van der Waals surface area contributed by atoms with Gasteiger partial charge in [-0.15, -0.1) is 0 Å². The summed E-state index contributed by atoms with van der Waals surface area (Å²) >= 11 is 0. The largest absolute Gasteiger partial charge is 0.496 e. The van der Waals surface area contributed by atoms with Crippen LogP contribution in [0.15, 0.2) is 54.7 Å². The number of pyridine rings is 1. The molecule has 3 amide bonds. The van der Waals surface area contributed by atoms with Crippen molar-refractivity contribution in [3.63, 3.8) is 0 Å². The van der Waals surface area contributed by atoms with Crippen molar-refractivity contribution < 1.29 is 41.4 Å². The Bertz CT molecular complexity index is 1180. The maximum absolute atomic E-state index is 13.8. The number of alkyl halides is 3. The zero-order chi connectivity index (χ0) is 24.9. The summed E-state index contributed by atoms with van der Waals surface area (Å²) in [5.74, 6) is -2.32. The van der Waals surface area contributed by atoms with Crippen molar-refractivity contribution in [2.45, 2.75) is 6.18 Å². The number of nitrogens with zero attached hydrogens (tertiary/aromatic N) is 1. The van der Waals surface area contributed by atoms with Gasteiger partial charge in [0.25, 0.3) is 5.91 Å². The number of hydrogen-bond donors (Lipinski definition) is 2. The van der Waals surface area contributed by atoms with Crippen molar-refractivity contribution in [2.24, 2.45) is 0 Å². The van der Waals surface area contributed by atoms with Gasteiger partial charge in [-0.25, -0.2) is 14.2 Å². The van der Waals surface area contributed by atoms with E-state index in [1.807, 2.05) is 0 Å². The summed E-state index contributed by atoms with van der Waals surface area (Å²) in [4.78, 5) is 28.5. The number of halogens is 4. The molecule has 0 spiro atoms. The third-order valence-corrected chi connectivity index (χ3v) is 4.35. The summed E-state index contributed by atoms with van der Waals surface area (Å²) in [5, 5.41) is 4.47. The van der Waals surface area contributed by atoms with Crippen LogP contribution >= 0.6 is 0 Å². The second-order valence-corrected chi connectivity index (χ2v) is 6.58. The minimum Gasteiger partial charge on any atom is -0.496 e. The number of anilines is 1. The molecule has 0 unspecified atom stereocenters. The summed E-state index contributed by atoms with van der Waals surface area (Å²) in [5.41, 5.74) is -0.961. The first kappa shape index (κ1) is 24.3. The normalized spacial score (nSPS) is 10.9. The molecular weight excluding hydrogens is 462 g/mol. The predicted molar refractivity (Wildman–Crippen MR) is 112 cm³/mol. The van der Waals surface area contributed by atoms with Crippen LogP contribution in [0.25, 0.3) is 0 Å². The molecule has 3 aromatic rings. The molecule has 0 saturated carbocycles. The molecule has 2 aromatic carbocycles. The number of methoxy groups -OCH3 is 2. The molecule has 0 aliphatic rings. The molecule has 2 N–H and O–H groups in total. The number of aromatic nitrogens is 1. The molecule has 0 bridgehead atoms. The van der Waals surface area contributed by atoms with Gasteiger partial charge in [-0.3, -0.25) is 10.1 Å². The van der Waals surface area contributed by atoms with Crippen molar-refractivity contribution in [2.75, 3.05) is 19.5 Å². The molecule has 0 atom stereocenters. The minimum absolute atomic E-state index is 0.00707. The maximum Gasteiger partial charge on any atom is 0.416 e. The Hall–Kier alpha value is -4.35. The number of carbonyl (C=O) groups is 2. The van der Waals surface area contributed by atoms with Gasteiger partial charge < -0.3 is 19.5 Å². The lowest BCUT2D eigenvalue weighted by Gasteiger charge is -2.13. The molecule has 34 heavy (non-hydrogen) atoms. The zero-order valence-electron chi connectivity index (χ0n) is 17.7. The molecule has 8 nitrogen and oxygen atoms in total. The fourth-order valence-electron chi connectivity index (χ4n) is 2.79. The lowest BCUT2D eigenvalue weighted by atomic mass is 10.1. The first-order valence-corrected chi connectivity index (χ1v) is 9.46. The van der Waals surface area contributed by atoms with E-state index in [4.69, 9.17) is 14.2 Å². The molecule has 0 saturated heterocycles. The molecule has 3 rings (SSSR count). The Morgan fingerprint density at radius 1 is 0.941 bits per heavy atom. The fraction of sp³-hybridized carbons (Fsp3) is 0.136. The number of urea groups is 1. The highest BCUT2D eigenvalue weighted by atomic mass is 19.4. The number of ether oxygens (including phenoxy) is 3. The van der Waals surface area contributed by atoms with E-state index in [1.54, 1.807) is 6.07 Å². The summed E-state index contributed by atoms with van der Waals surface area (Å²) < 4.78 is 67.6. The van der Waals surface area contributed by atoms with E-state index < -0.39 is 35.2 Å². The van der Waals surface area contributed by atoms with Crippen LogP contribution in [0.1, 0.15) is 15.9 Å². The number of rotatable bonds is 6. The van der Waals surface area contributed by atoms with E-state index in [0.29, 0.717) is 18.2 Å². The average Bonchev–Trinajstić information content (AvgIpc) is 2.80. The number of nitrogens with one attached hydrogen (secondary N) is 2. The second-order valence-electron chi connectivity index (χ2n) is 6.58.